The van der Waals surface area contributed by atoms with Crippen LogP contribution in [-0.2, 0) is 16.0 Å². The highest BCUT2D eigenvalue weighted by Crippen LogP contribution is 2.31. The number of hydrogen-bond acceptors (Lipinski definition) is 4. The number of para-hydroxylation sites is 1. The van der Waals surface area contributed by atoms with Crippen molar-refractivity contribution < 1.29 is 19.1 Å². The lowest BCUT2D eigenvalue weighted by atomic mass is 10.1. The monoisotopic (exact) mass is 339 g/mol. The molecule has 1 aliphatic rings. The largest absolute Gasteiger partial charge is 0.496 e. The van der Waals surface area contributed by atoms with E-state index < -0.39 is 5.97 Å². The molecule has 0 saturated heterocycles. The summed E-state index contributed by atoms with van der Waals surface area (Å²) in [5.41, 5.74) is 3.33. The number of anilines is 1. The molecule has 2 aromatic carbocycles. The number of hydrogen-bond donors (Lipinski definition) is 0. The van der Waals surface area contributed by atoms with Gasteiger partial charge in [-0.15, -0.1) is 0 Å². The van der Waals surface area contributed by atoms with Crippen LogP contribution in [0.5, 0.6) is 5.75 Å². The van der Waals surface area contributed by atoms with Crippen LogP contribution >= 0.6 is 0 Å². The van der Waals surface area contributed by atoms with Gasteiger partial charge in [-0.3, -0.25) is 4.79 Å². The molecule has 0 aliphatic carbocycles. The number of benzene rings is 2. The third-order valence-corrected chi connectivity index (χ3v) is 4.45. The van der Waals surface area contributed by atoms with Crippen LogP contribution in [0.15, 0.2) is 42.5 Å². The molecule has 25 heavy (non-hydrogen) atoms. The summed E-state index contributed by atoms with van der Waals surface area (Å²) in [6.07, 6.45) is 0.811. The van der Waals surface area contributed by atoms with Gasteiger partial charge in [0.15, 0.2) is 6.61 Å². The van der Waals surface area contributed by atoms with Gasteiger partial charge < -0.3 is 14.4 Å². The van der Waals surface area contributed by atoms with Crippen LogP contribution in [0.4, 0.5) is 5.69 Å². The van der Waals surface area contributed by atoms with E-state index in [0.29, 0.717) is 11.3 Å². The number of methoxy groups -OCH3 is 1. The fourth-order valence-electron chi connectivity index (χ4n) is 3.17. The van der Waals surface area contributed by atoms with Crippen LogP contribution in [0.2, 0.25) is 0 Å². The maximum absolute atomic E-state index is 12.6. The van der Waals surface area contributed by atoms with Crippen LogP contribution in [0.3, 0.4) is 0 Å². The van der Waals surface area contributed by atoms with Gasteiger partial charge in [0, 0.05) is 11.7 Å². The third-order valence-electron chi connectivity index (χ3n) is 4.45. The molecule has 0 radical (unpaired) electrons. The van der Waals surface area contributed by atoms with Crippen molar-refractivity contribution in [2.75, 3.05) is 18.6 Å². The summed E-state index contributed by atoms with van der Waals surface area (Å²) >= 11 is 0. The molecule has 0 spiro atoms. The molecule has 5 heteroatoms. The first kappa shape index (κ1) is 17.0. The molecule has 5 nitrogen and oxygen atoms in total. The molecule has 1 heterocycles. The van der Waals surface area contributed by atoms with E-state index in [1.807, 2.05) is 38.1 Å². The predicted molar refractivity (Wildman–Crippen MR) is 95.1 cm³/mol. The Bertz CT molecular complexity index is 815. The third kappa shape index (κ3) is 3.36. The molecule has 0 aromatic heterocycles. The summed E-state index contributed by atoms with van der Waals surface area (Å²) in [4.78, 5) is 26.5. The molecule has 130 valence electrons. The van der Waals surface area contributed by atoms with E-state index in [0.717, 1.165) is 23.2 Å². The molecule has 0 unspecified atom stereocenters. The zero-order chi connectivity index (χ0) is 18.0. The number of esters is 1. The van der Waals surface area contributed by atoms with Crippen molar-refractivity contribution in [1.29, 1.82) is 0 Å². The molecular weight excluding hydrogens is 318 g/mol. The number of carbonyl (C=O) groups is 2. The van der Waals surface area contributed by atoms with Gasteiger partial charge in [-0.2, -0.15) is 0 Å². The number of amides is 1. The van der Waals surface area contributed by atoms with Gasteiger partial charge in [-0.05, 0) is 49.6 Å². The summed E-state index contributed by atoms with van der Waals surface area (Å²) in [7, 11) is 1.55. The lowest BCUT2D eigenvalue weighted by Crippen LogP contribution is -2.38. The molecule has 0 bridgehead atoms. The number of fused-ring (bicyclic) bond motifs is 1. The van der Waals surface area contributed by atoms with Gasteiger partial charge in [0.05, 0.1) is 12.7 Å². The smallest absolute Gasteiger partial charge is 0.338 e. The number of nitrogens with zero attached hydrogens (tertiary/aromatic N) is 1. The highest BCUT2D eigenvalue weighted by molar-refractivity contribution is 5.99. The Morgan fingerprint density at radius 3 is 2.72 bits per heavy atom. The lowest BCUT2D eigenvalue weighted by Gasteiger charge is -2.22. The molecule has 0 fully saturated rings. The fourth-order valence-corrected chi connectivity index (χ4v) is 3.17. The zero-order valence-electron chi connectivity index (χ0n) is 14.6. The van der Waals surface area contributed by atoms with Crippen LogP contribution in [0.25, 0.3) is 0 Å². The van der Waals surface area contributed by atoms with Gasteiger partial charge in [0.2, 0.25) is 0 Å². The van der Waals surface area contributed by atoms with Gasteiger partial charge in [-0.1, -0.05) is 24.3 Å². The summed E-state index contributed by atoms with van der Waals surface area (Å²) in [6.45, 7) is 3.60. The lowest BCUT2D eigenvalue weighted by molar-refractivity contribution is -0.122. The van der Waals surface area contributed by atoms with Crippen LogP contribution in [0.1, 0.15) is 28.4 Å². The zero-order valence-corrected chi connectivity index (χ0v) is 14.6. The highest BCUT2D eigenvalue weighted by Gasteiger charge is 2.31. The normalized spacial score (nSPS) is 15.6. The van der Waals surface area contributed by atoms with E-state index in [-0.39, 0.29) is 18.6 Å². The first-order chi connectivity index (χ1) is 12.0. The number of rotatable bonds is 4. The maximum atomic E-state index is 12.6. The first-order valence-electron chi connectivity index (χ1n) is 8.23. The molecule has 3 rings (SSSR count). The standard InChI is InChI=1S/C20H21NO4/c1-13-8-9-16(11-18(13)24-3)20(23)25-12-19(22)21-14(2)10-15-6-4-5-7-17(15)21/h4-9,11,14H,10,12H2,1-3H3/t14-/m0/s1. The first-order valence-corrected chi connectivity index (χ1v) is 8.23. The van der Waals surface area contributed by atoms with Crippen LogP contribution in [0, 0.1) is 6.92 Å². The van der Waals surface area contributed by atoms with E-state index in [2.05, 4.69) is 0 Å². The quantitative estimate of drug-likeness (QED) is 0.803. The minimum Gasteiger partial charge on any atom is -0.496 e. The van der Waals surface area contributed by atoms with Crippen molar-refractivity contribution in [2.45, 2.75) is 26.3 Å². The molecule has 1 aliphatic heterocycles. The molecule has 0 N–H and O–H groups in total. The van der Waals surface area contributed by atoms with Crippen molar-refractivity contribution in [2.24, 2.45) is 0 Å². The van der Waals surface area contributed by atoms with Crippen molar-refractivity contribution in [3.05, 3.63) is 59.2 Å². The minimum absolute atomic E-state index is 0.0584. The van der Waals surface area contributed by atoms with Crippen LogP contribution < -0.4 is 9.64 Å². The van der Waals surface area contributed by atoms with E-state index in [1.165, 1.54) is 0 Å². The Morgan fingerprint density at radius 2 is 1.96 bits per heavy atom. The van der Waals surface area contributed by atoms with Gasteiger partial charge in [0.25, 0.3) is 5.91 Å². The number of aryl methyl sites for hydroxylation is 1. The second-order valence-electron chi connectivity index (χ2n) is 6.21. The van der Waals surface area contributed by atoms with E-state index in [1.54, 1.807) is 30.2 Å². The molecule has 2 aromatic rings. The van der Waals surface area contributed by atoms with Gasteiger partial charge >= 0.3 is 5.97 Å². The Hall–Kier alpha value is -2.82. The summed E-state index contributed by atoms with van der Waals surface area (Å²) < 4.78 is 10.4. The van der Waals surface area contributed by atoms with Crippen molar-refractivity contribution in [3.8, 4) is 5.75 Å². The molecule has 1 amide bonds. The summed E-state index contributed by atoms with van der Waals surface area (Å²) in [5, 5.41) is 0. The Morgan fingerprint density at radius 1 is 1.20 bits per heavy atom. The number of ether oxygens (including phenoxy) is 2. The average Bonchev–Trinajstić information content (AvgIpc) is 2.95. The van der Waals surface area contributed by atoms with E-state index in [9.17, 15) is 9.59 Å². The van der Waals surface area contributed by atoms with E-state index >= 15 is 0 Å². The van der Waals surface area contributed by atoms with Crippen molar-refractivity contribution >= 4 is 17.6 Å². The fraction of sp³-hybridized carbons (Fsp3) is 0.300. The van der Waals surface area contributed by atoms with Gasteiger partial charge in [0.1, 0.15) is 5.75 Å². The Labute approximate surface area is 147 Å². The predicted octanol–water partition coefficient (Wildman–Crippen LogP) is 3.14. The molecular formula is C20H21NO4. The Balaban J connectivity index is 1.67. The second kappa shape index (κ2) is 6.97. The minimum atomic E-state index is -0.535. The number of carbonyl (C=O) groups excluding carboxylic acids is 2. The van der Waals surface area contributed by atoms with Crippen molar-refractivity contribution in [3.63, 3.8) is 0 Å². The van der Waals surface area contributed by atoms with Crippen molar-refractivity contribution in [1.82, 2.24) is 0 Å². The molecule has 0 saturated carbocycles. The van der Waals surface area contributed by atoms with Crippen LogP contribution in [-0.4, -0.2) is 31.6 Å². The van der Waals surface area contributed by atoms with Gasteiger partial charge in [-0.25, -0.2) is 4.79 Å². The molecule has 1 atom stereocenters. The summed E-state index contributed by atoms with van der Waals surface area (Å²) in [5.74, 6) is -0.139. The maximum Gasteiger partial charge on any atom is 0.338 e. The summed E-state index contributed by atoms with van der Waals surface area (Å²) in [6, 6.07) is 12.9. The highest BCUT2D eigenvalue weighted by atomic mass is 16.5. The second-order valence-corrected chi connectivity index (χ2v) is 6.21. The SMILES string of the molecule is COc1cc(C(=O)OCC(=O)N2c3ccccc3C[C@@H]2C)ccc1C. The Kier molecular flexibility index (Phi) is 4.74. The average molecular weight is 339 g/mol. The topological polar surface area (TPSA) is 55.8 Å². The van der Waals surface area contributed by atoms with E-state index in [4.69, 9.17) is 9.47 Å².